The summed E-state index contributed by atoms with van der Waals surface area (Å²) in [5, 5.41) is 6.35. The molecule has 0 saturated carbocycles. The molecule has 0 aliphatic rings. The number of aromatic amines is 1. The number of nitrogens with one attached hydrogen (secondary N) is 3. The molecule has 2 aromatic heterocycles. The van der Waals surface area contributed by atoms with Crippen molar-refractivity contribution in [3.05, 3.63) is 42.2 Å². The van der Waals surface area contributed by atoms with Crippen LogP contribution in [0.4, 0.5) is 11.8 Å². The van der Waals surface area contributed by atoms with Crippen LogP contribution < -0.4 is 10.6 Å². The topological polar surface area (TPSA) is 78.5 Å². The van der Waals surface area contributed by atoms with E-state index in [1.807, 2.05) is 18.2 Å². The number of fused-ring (bicyclic) bond motifs is 1. The monoisotopic (exact) mass is 268 g/mol. The number of hydrogen-bond donors (Lipinski definition) is 3. The van der Waals surface area contributed by atoms with Gasteiger partial charge in [-0.05, 0) is 12.5 Å². The molecule has 1 aromatic carbocycles. The first-order chi connectivity index (χ1) is 9.78. The molecule has 2 heterocycles. The lowest BCUT2D eigenvalue weighted by Gasteiger charge is -2.15. The smallest absolute Gasteiger partial charge is 0.226 e. The molecule has 0 amide bonds. The molecule has 0 fully saturated rings. The van der Waals surface area contributed by atoms with Gasteiger partial charge in [0, 0.05) is 7.05 Å². The van der Waals surface area contributed by atoms with Crippen LogP contribution in [0.25, 0.3) is 11.2 Å². The Hall–Kier alpha value is -2.63. The minimum absolute atomic E-state index is 0.141. The Balaban J connectivity index is 1.95. The molecular weight excluding hydrogens is 252 g/mol. The van der Waals surface area contributed by atoms with Crippen molar-refractivity contribution in [3.8, 4) is 0 Å². The molecule has 0 saturated heterocycles. The van der Waals surface area contributed by atoms with Crippen molar-refractivity contribution in [2.75, 3.05) is 17.7 Å². The normalized spacial score (nSPS) is 12.3. The lowest BCUT2D eigenvalue weighted by atomic mass is 10.1. The van der Waals surface area contributed by atoms with Crippen molar-refractivity contribution >= 4 is 22.9 Å². The molecule has 0 bridgehead atoms. The highest BCUT2D eigenvalue weighted by Gasteiger charge is 2.12. The molecule has 1 atom stereocenters. The summed E-state index contributed by atoms with van der Waals surface area (Å²) in [7, 11) is 1.79. The predicted octanol–water partition coefficient (Wildman–Crippen LogP) is 2.57. The zero-order chi connectivity index (χ0) is 13.9. The van der Waals surface area contributed by atoms with E-state index in [1.165, 1.54) is 5.56 Å². The Kier molecular flexibility index (Phi) is 3.20. The molecule has 1 unspecified atom stereocenters. The number of nitrogens with zero attached hydrogens (tertiary/aromatic N) is 3. The highest BCUT2D eigenvalue weighted by molar-refractivity contribution is 5.83. The van der Waals surface area contributed by atoms with Crippen LogP contribution >= 0.6 is 0 Å². The van der Waals surface area contributed by atoms with Crippen molar-refractivity contribution in [1.29, 1.82) is 0 Å². The first-order valence-corrected chi connectivity index (χ1v) is 6.48. The Labute approximate surface area is 116 Å². The highest BCUT2D eigenvalue weighted by atomic mass is 15.2. The average Bonchev–Trinajstić information content (AvgIpc) is 2.96. The summed E-state index contributed by atoms with van der Waals surface area (Å²) in [6.45, 7) is 2.10. The minimum Gasteiger partial charge on any atom is -0.362 e. The van der Waals surface area contributed by atoms with Crippen LogP contribution in [0.2, 0.25) is 0 Å². The fourth-order valence-corrected chi connectivity index (χ4v) is 2.08. The average molecular weight is 268 g/mol. The largest absolute Gasteiger partial charge is 0.362 e. The Morgan fingerprint density at radius 3 is 2.70 bits per heavy atom. The lowest BCUT2D eigenvalue weighted by molar-refractivity contribution is 0.875. The van der Waals surface area contributed by atoms with Gasteiger partial charge in [0.1, 0.15) is 5.52 Å². The number of aromatic nitrogens is 4. The quantitative estimate of drug-likeness (QED) is 0.677. The van der Waals surface area contributed by atoms with Gasteiger partial charge in [-0.1, -0.05) is 30.3 Å². The van der Waals surface area contributed by atoms with Gasteiger partial charge in [-0.3, -0.25) is 0 Å². The maximum Gasteiger partial charge on any atom is 0.226 e. The number of benzene rings is 1. The van der Waals surface area contributed by atoms with Gasteiger partial charge in [0.25, 0.3) is 0 Å². The second-order valence-corrected chi connectivity index (χ2v) is 4.52. The zero-order valence-corrected chi connectivity index (χ0v) is 11.4. The van der Waals surface area contributed by atoms with E-state index in [0.717, 1.165) is 11.3 Å². The highest BCUT2D eigenvalue weighted by Crippen LogP contribution is 2.23. The maximum absolute atomic E-state index is 4.45. The molecule has 3 aromatic rings. The summed E-state index contributed by atoms with van der Waals surface area (Å²) in [6.07, 6.45) is 1.62. The fraction of sp³-hybridized carbons (Fsp3) is 0.214. The molecule has 3 N–H and O–H groups in total. The number of hydrogen-bond acceptors (Lipinski definition) is 5. The van der Waals surface area contributed by atoms with Crippen molar-refractivity contribution in [1.82, 2.24) is 19.9 Å². The Bertz CT molecular complexity index is 706. The number of rotatable bonds is 4. The van der Waals surface area contributed by atoms with E-state index in [2.05, 4.69) is 49.6 Å². The molecular formula is C14H16N6. The van der Waals surface area contributed by atoms with E-state index >= 15 is 0 Å². The van der Waals surface area contributed by atoms with Crippen molar-refractivity contribution < 1.29 is 0 Å². The van der Waals surface area contributed by atoms with Crippen LogP contribution in [0, 0.1) is 0 Å². The minimum atomic E-state index is 0.141. The predicted molar refractivity (Wildman–Crippen MR) is 79.7 cm³/mol. The molecule has 0 spiro atoms. The van der Waals surface area contributed by atoms with Crippen LogP contribution in [0.1, 0.15) is 18.5 Å². The molecule has 6 nitrogen and oxygen atoms in total. The van der Waals surface area contributed by atoms with Crippen LogP contribution in [0.15, 0.2) is 36.7 Å². The third kappa shape index (κ3) is 2.27. The van der Waals surface area contributed by atoms with Crippen LogP contribution in [-0.4, -0.2) is 27.0 Å². The molecule has 6 heteroatoms. The van der Waals surface area contributed by atoms with Gasteiger partial charge in [-0.25, -0.2) is 4.98 Å². The van der Waals surface area contributed by atoms with Crippen LogP contribution in [0.3, 0.4) is 0 Å². The molecule has 3 rings (SSSR count). The summed E-state index contributed by atoms with van der Waals surface area (Å²) < 4.78 is 0. The molecule has 0 radical (unpaired) electrons. The summed E-state index contributed by atoms with van der Waals surface area (Å²) >= 11 is 0. The van der Waals surface area contributed by atoms with Gasteiger partial charge < -0.3 is 15.6 Å². The Morgan fingerprint density at radius 2 is 1.95 bits per heavy atom. The number of imidazole rings is 1. The van der Waals surface area contributed by atoms with Crippen LogP contribution in [-0.2, 0) is 0 Å². The standard InChI is InChI=1S/C14H16N6/c1-9(10-6-4-3-5-7-10)18-13-11-12(17-8-16-11)19-14(15-2)20-13/h3-9H,1-2H3,(H3,15,16,17,18,19,20). The zero-order valence-electron chi connectivity index (χ0n) is 11.4. The van der Waals surface area contributed by atoms with Crippen LogP contribution in [0.5, 0.6) is 0 Å². The van der Waals surface area contributed by atoms with Crippen molar-refractivity contribution in [3.63, 3.8) is 0 Å². The van der Waals surface area contributed by atoms with Crippen molar-refractivity contribution in [2.45, 2.75) is 13.0 Å². The van der Waals surface area contributed by atoms with E-state index in [4.69, 9.17) is 0 Å². The first-order valence-electron chi connectivity index (χ1n) is 6.48. The fourth-order valence-electron chi connectivity index (χ4n) is 2.08. The maximum atomic E-state index is 4.45. The third-order valence-electron chi connectivity index (χ3n) is 3.16. The molecule has 20 heavy (non-hydrogen) atoms. The van der Waals surface area contributed by atoms with Gasteiger partial charge in [0.05, 0.1) is 12.4 Å². The van der Waals surface area contributed by atoms with Gasteiger partial charge in [0.2, 0.25) is 5.95 Å². The van der Waals surface area contributed by atoms with Gasteiger partial charge >= 0.3 is 0 Å². The molecule has 0 aliphatic carbocycles. The number of H-pyrrole nitrogens is 1. The third-order valence-corrected chi connectivity index (χ3v) is 3.16. The SMILES string of the molecule is CNc1nc(NC(C)c2ccccc2)c2[nH]cnc2n1. The second-order valence-electron chi connectivity index (χ2n) is 4.52. The van der Waals surface area contributed by atoms with Gasteiger partial charge in [0.15, 0.2) is 11.5 Å². The van der Waals surface area contributed by atoms with E-state index in [-0.39, 0.29) is 6.04 Å². The molecule has 102 valence electrons. The Morgan fingerprint density at radius 1 is 1.15 bits per heavy atom. The van der Waals surface area contributed by atoms with Gasteiger partial charge in [-0.2, -0.15) is 9.97 Å². The van der Waals surface area contributed by atoms with E-state index < -0.39 is 0 Å². The number of anilines is 2. The molecule has 0 aliphatic heterocycles. The summed E-state index contributed by atoms with van der Waals surface area (Å²) in [5.74, 6) is 1.29. The second kappa shape index (κ2) is 5.16. The van der Waals surface area contributed by atoms with Crippen molar-refractivity contribution in [2.24, 2.45) is 0 Å². The van der Waals surface area contributed by atoms with Gasteiger partial charge in [-0.15, -0.1) is 0 Å². The summed E-state index contributed by atoms with van der Waals surface area (Å²) in [5.41, 5.74) is 2.66. The van der Waals surface area contributed by atoms with E-state index in [9.17, 15) is 0 Å². The van der Waals surface area contributed by atoms with E-state index in [0.29, 0.717) is 11.6 Å². The first kappa shape index (κ1) is 12.4. The summed E-state index contributed by atoms with van der Waals surface area (Å²) in [6, 6.07) is 10.4. The summed E-state index contributed by atoms with van der Waals surface area (Å²) in [4.78, 5) is 16.0. The van der Waals surface area contributed by atoms with E-state index in [1.54, 1.807) is 13.4 Å². The lowest BCUT2D eigenvalue weighted by Crippen LogP contribution is -2.10.